The van der Waals surface area contributed by atoms with Crippen LogP contribution in [0.3, 0.4) is 0 Å². The van der Waals surface area contributed by atoms with Gasteiger partial charge in [-0.15, -0.1) is 0 Å². The highest BCUT2D eigenvalue weighted by Crippen LogP contribution is 2.33. The Balaban J connectivity index is 0.000000253. The van der Waals surface area contributed by atoms with E-state index in [-0.39, 0.29) is 5.02 Å². The van der Waals surface area contributed by atoms with Crippen molar-refractivity contribution in [1.82, 2.24) is 0 Å². The van der Waals surface area contributed by atoms with E-state index in [0.29, 0.717) is 16.7 Å². The van der Waals surface area contributed by atoms with Crippen molar-refractivity contribution in [3.8, 4) is 0 Å². The van der Waals surface area contributed by atoms with Gasteiger partial charge >= 0.3 is 12.1 Å². The quantitative estimate of drug-likeness (QED) is 0.751. The van der Waals surface area contributed by atoms with E-state index in [4.69, 9.17) is 16.7 Å². The molecule has 0 radical (unpaired) electrons. The molecule has 0 aromatic heterocycles. The van der Waals surface area contributed by atoms with Crippen LogP contribution in [0.2, 0.25) is 5.02 Å². The molecule has 0 heterocycles. The fraction of sp³-hybridized carbons (Fsp3) is 0.118. The molecule has 1 N–H and O–H groups in total. The average molecular weight is 343 g/mol. The number of halogens is 4. The topological polar surface area (TPSA) is 37.3 Å². The Bertz CT molecular complexity index is 695. The monoisotopic (exact) mass is 342 g/mol. The zero-order chi connectivity index (χ0) is 17.6. The van der Waals surface area contributed by atoms with Crippen LogP contribution in [-0.2, 0) is 6.18 Å². The molecule has 0 aliphatic rings. The summed E-state index contributed by atoms with van der Waals surface area (Å²) in [6.07, 6.45) is -4.35. The molecule has 122 valence electrons. The summed E-state index contributed by atoms with van der Waals surface area (Å²) < 4.78 is 36.7. The van der Waals surface area contributed by atoms with Gasteiger partial charge in [-0.3, -0.25) is 0 Å². The van der Waals surface area contributed by atoms with E-state index < -0.39 is 17.7 Å². The Kier molecular flexibility index (Phi) is 6.39. The van der Waals surface area contributed by atoms with Crippen LogP contribution in [-0.4, -0.2) is 11.1 Å². The van der Waals surface area contributed by atoms with E-state index in [0.717, 1.165) is 12.1 Å². The molecule has 0 fully saturated rings. The fourth-order valence-electron chi connectivity index (χ4n) is 1.62. The molecule has 0 bridgehead atoms. The summed E-state index contributed by atoms with van der Waals surface area (Å²) in [6.45, 7) is 5.30. The molecule has 2 nitrogen and oxygen atoms in total. The molecular weight excluding hydrogens is 329 g/mol. The first kappa shape index (κ1) is 18.8. The number of alkyl halides is 3. The molecule has 6 heteroatoms. The number of benzene rings is 2. The molecule has 0 amide bonds. The number of carboxylic acids is 1. The first-order valence-electron chi connectivity index (χ1n) is 6.44. The van der Waals surface area contributed by atoms with Crippen LogP contribution in [0.25, 0.3) is 5.57 Å². The van der Waals surface area contributed by atoms with Crippen molar-refractivity contribution in [1.29, 1.82) is 0 Å². The van der Waals surface area contributed by atoms with Crippen LogP contribution in [0.1, 0.15) is 28.4 Å². The van der Waals surface area contributed by atoms with Crippen molar-refractivity contribution in [3.05, 3.63) is 76.8 Å². The third kappa shape index (κ3) is 5.79. The zero-order valence-corrected chi connectivity index (χ0v) is 12.9. The van der Waals surface area contributed by atoms with Crippen LogP contribution in [0.4, 0.5) is 13.2 Å². The van der Waals surface area contributed by atoms with Gasteiger partial charge in [0.15, 0.2) is 0 Å². The Labute approximate surface area is 136 Å². The van der Waals surface area contributed by atoms with E-state index >= 15 is 0 Å². The van der Waals surface area contributed by atoms with Gasteiger partial charge in [-0.25, -0.2) is 4.79 Å². The largest absolute Gasteiger partial charge is 0.478 e. The smallest absolute Gasteiger partial charge is 0.416 e. The van der Waals surface area contributed by atoms with E-state index in [2.05, 4.69) is 6.58 Å². The molecule has 0 atom stereocenters. The molecule has 23 heavy (non-hydrogen) atoms. The van der Waals surface area contributed by atoms with Gasteiger partial charge in [-0.05, 0) is 42.3 Å². The Hall–Kier alpha value is -2.27. The number of hydrogen-bond donors (Lipinski definition) is 1. The highest BCUT2D eigenvalue weighted by Gasteiger charge is 2.30. The van der Waals surface area contributed by atoms with Gasteiger partial charge in [0.05, 0.1) is 11.1 Å². The van der Waals surface area contributed by atoms with Gasteiger partial charge in [0.2, 0.25) is 0 Å². The second-order valence-corrected chi connectivity index (χ2v) is 5.05. The molecule has 0 aliphatic heterocycles. The van der Waals surface area contributed by atoms with Crippen molar-refractivity contribution in [2.24, 2.45) is 0 Å². The normalized spacial score (nSPS) is 10.5. The van der Waals surface area contributed by atoms with Crippen molar-refractivity contribution in [3.63, 3.8) is 0 Å². The molecule has 2 aromatic carbocycles. The molecule has 0 aliphatic carbocycles. The predicted molar refractivity (Wildman–Crippen MR) is 84.6 cm³/mol. The lowest BCUT2D eigenvalue weighted by Crippen LogP contribution is -2.04. The molecule has 0 saturated carbocycles. The van der Waals surface area contributed by atoms with Crippen LogP contribution in [0.15, 0.2) is 55.1 Å². The SMILES string of the molecule is C=C(C)c1ccc(C(F)(F)F)cc1Cl.O=C(O)c1ccccc1. The Morgan fingerprint density at radius 2 is 1.70 bits per heavy atom. The maximum atomic E-state index is 12.2. The summed E-state index contributed by atoms with van der Waals surface area (Å²) in [4.78, 5) is 10.2. The number of hydrogen-bond acceptors (Lipinski definition) is 1. The average Bonchev–Trinajstić information content (AvgIpc) is 2.47. The third-order valence-electron chi connectivity index (χ3n) is 2.78. The zero-order valence-electron chi connectivity index (χ0n) is 12.2. The number of aromatic carboxylic acids is 1. The van der Waals surface area contributed by atoms with Gasteiger partial charge in [-0.1, -0.05) is 42.4 Å². The Morgan fingerprint density at radius 3 is 2.04 bits per heavy atom. The highest BCUT2D eigenvalue weighted by molar-refractivity contribution is 6.32. The fourth-order valence-corrected chi connectivity index (χ4v) is 1.96. The van der Waals surface area contributed by atoms with Crippen LogP contribution in [0, 0.1) is 0 Å². The first-order valence-corrected chi connectivity index (χ1v) is 6.81. The second kappa shape index (κ2) is 7.83. The number of rotatable bonds is 2. The van der Waals surface area contributed by atoms with Gasteiger partial charge < -0.3 is 5.11 Å². The molecular formula is C17H14ClF3O2. The summed E-state index contributed by atoms with van der Waals surface area (Å²) in [6, 6.07) is 11.5. The summed E-state index contributed by atoms with van der Waals surface area (Å²) in [5.74, 6) is -0.879. The Morgan fingerprint density at radius 1 is 1.13 bits per heavy atom. The van der Waals surface area contributed by atoms with Crippen molar-refractivity contribution >= 4 is 23.1 Å². The van der Waals surface area contributed by atoms with Crippen LogP contribution < -0.4 is 0 Å². The maximum absolute atomic E-state index is 12.2. The molecule has 2 aromatic rings. The lowest BCUT2D eigenvalue weighted by molar-refractivity contribution is -0.137. The summed E-state index contributed by atoms with van der Waals surface area (Å²) in [7, 11) is 0. The van der Waals surface area contributed by atoms with Gasteiger partial charge in [0, 0.05) is 5.02 Å². The van der Waals surface area contributed by atoms with Gasteiger partial charge in [0.1, 0.15) is 0 Å². The molecule has 2 rings (SSSR count). The van der Waals surface area contributed by atoms with Crippen LogP contribution in [0.5, 0.6) is 0 Å². The highest BCUT2D eigenvalue weighted by atomic mass is 35.5. The van der Waals surface area contributed by atoms with Crippen LogP contribution >= 0.6 is 11.6 Å². The molecule has 0 spiro atoms. The minimum absolute atomic E-state index is 0.0762. The van der Waals surface area contributed by atoms with E-state index in [1.807, 2.05) is 0 Å². The van der Waals surface area contributed by atoms with Gasteiger partial charge in [0.25, 0.3) is 0 Å². The van der Waals surface area contributed by atoms with E-state index in [1.54, 1.807) is 37.3 Å². The molecule has 0 saturated heterocycles. The lowest BCUT2D eigenvalue weighted by Gasteiger charge is -2.09. The summed E-state index contributed by atoms with van der Waals surface area (Å²) >= 11 is 5.67. The van der Waals surface area contributed by atoms with Crippen molar-refractivity contribution in [2.75, 3.05) is 0 Å². The lowest BCUT2D eigenvalue weighted by atomic mass is 10.1. The molecule has 0 unspecified atom stereocenters. The van der Waals surface area contributed by atoms with Crippen molar-refractivity contribution in [2.45, 2.75) is 13.1 Å². The second-order valence-electron chi connectivity index (χ2n) is 4.64. The number of allylic oxidation sites excluding steroid dienone is 1. The standard InChI is InChI=1S/C10H8ClF3.C7H6O2/c1-6(2)8-4-3-7(5-9(8)11)10(12,13)14;8-7(9)6-4-2-1-3-5-6/h3-5H,1H2,2H3;1-5H,(H,8,9). The van der Waals surface area contributed by atoms with Crippen molar-refractivity contribution < 1.29 is 23.1 Å². The number of carboxylic acid groups (broad SMARTS) is 1. The van der Waals surface area contributed by atoms with E-state index in [9.17, 15) is 18.0 Å². The predicted octanol–water partition coefficient (Wildman–Crippen LogP) is 5.78. The van der Waals surface area contributed by atoms with Gasteiger partial charge in [-0.2, -0.15) is 13.2 Å². The number of carbonyl (C=O) groups is 1. The minimum Gasteiger partial charge on any atom is -0.478 e. The van der Waals surface area contributed by atoms with E-state index in [1.165, 1.54) is 6.07 Å². The summed E-state index contributed by atoms with van der Waals surface area (Å²) in [5.41, 5.74) is 0.772. The first-order chi connectivity index (χ1) is 10.6. The third-order valence-corrected chi connectivity index (χ3v) is 3.09. The maximum Gasteiger partial charge on any atom is 0.416 e. The summed E-state index contributed by atoms with van der Waals surface area (Å²) in [5, 5.41) is 8.46. The minimum atomic E-state index is -4.35.